The van der Waals surface area contributed by atoms with E-state index in [1.807, 2.05) is 6.92 Å². The van der Waals surface area contributed by atoms with E-state index in [1.54, 1.807) is 25.1 Å². The molecule has 0 heterocycles. The highest BCUT2D eigenvalue weighted by Crippen LogP contribution is 2.22. The van der Waals surface area contributed by atoms with E-state index in [1.165, 1.54) is 7.11 Å². The summed E-state index contributed by atoms with van der Waals surface area (Å²) in [6.07, 6.45) is 1.25. The topological polar surface area (TPSA) is 52.6 Å². The molecule has 1 rings (SSSR count). The van der Waals surface area contributed by atoms with Gasteiger partial charge in [-0.25, -0.2) is 4.79 Å². The summed E-state index contributed by atoms with van der Waals surface area (Å²) in [4.78, 5) is 23.4. The largest absolute Gasteiger partial charge is 0.496 e. The van der Waals surface area contributed by atoms with Crippen LogP contribution in [0.2, 0.25) is 0 Å². The van der Waals surface area contributed by atoms with Gasteiger partial charge in [0.2, 0.25) is 0 Å². The van der Waals surface area contributed by atoms with Crippen molar-refractivity contribution >= 4 is 11.8 Å². The van der Waals surface area contributed by atoms with Crippen molar-refractivity contribution in [1.29, 1.82) is 0 Å². The summed E-state index contributed by atoms with van der Waals surface area (Å²) in [5.74, 6) is 0.0223. The average Bonchev–Trinajstić information content (AvgIpc) is 2.38. The quantitative estimate of drug-likeness (QED) is 0.575. The molecule has 0 saturated carbocycles. The summed E-state index contributed by atoms with van der Waals surface area (Å²) in [5, 5.41) is 0. The molecule has 4 heteroatoms. The number of rotatable bonds is 6. The Kier molecular flexibility index (Phi) is 5.36. The smallest absolute Gasteiger partial charge is 0.338 e. The van der Waals surface area contributed by atoms with Crippen LogP contribution >= 0.6 is 0 Å². The average molecular weight is 250 g/mol. The second kappa shape index (κ2) is 6.79. The standard InChI is InChI=1S/C14H18O4/c1-4-6-12(15)11-8-7-10(9-13(11)17-3)14(16)18-5-2/h7-9H,4-6H2,1-3H3. The second-order valence-corrected chi connectivity index (χ2v) is 3.81. The molecule has 0 atom stereocenters. The Balaban J connectivity index is 3.03. The van der Waals surface area contributed by atoms with Crippen LogP contribution in [-0.4, -0.2) is 25.5 Å². The number of hydrogen-bond donors (Lipinski definition) is 0. The van der Waals surface area contributed by atoms with Crippen molar-refractivity contribution in [2.75, 3.05) is 13.7 Å². The molecule has 4 nitrogen and oxygen atoms in total. The third-order valence-corrected chi connectivity index (χ3v) is 2.49. The number of benzene rings is 1. The number of carbonyl (C=O) groups excluding carboxylic acids is 2. The number of methoxy groups -OCH3 is 1. The Morgan fingerprint density at radius 3 is 2.50 bits per heavy atom. The van der Waals surface area contributed by atoms with Crippen LogP contribution in [0.3, 0.4) is 0 Å². The van der Waals surface area contributed by atoms with Crippen molar-refractivity contribution in [3.8, 4) is 5.75 Å². The predicted molar refractivity (Wildman–Crippen MR) is 68.2 cm³/mol. The van der Waals surface area contributed by atoms with Crippen LogP contribution in [-0.2, 0) is 4.74 Å². The van der Waals surface area contributed by atoms with Gasteiger partial charge in [-0.3, -0.25) is 4.79 Å². The van der Waals surface area contributed by atoms with Crippen molar-refractivity contribution in [3.63, 3.8) is 0 Å². The normalized spacial score (nSPS) is 9.94. The van der Waals surface area contributed by atoms with Gasteiger partial charge in [0, 0.05) is 6.42 Å². The fourth-order valence-corrected chi connectivity index (χ4v) is 1.62. The number of ether oxygens (including phenoxy) is 2. The highest BCUT2D eigenvalue weighted by molar-refractivity contribution is 6.00. The van der Waals surface area contributed by atoms with Crippen LogP contribution in [0.25, 0.3) is 0 Å². The molecule has 0 saturated heterocycles. The Morgan fingerprint density at radius 1 is 1.22 bits per heavy atom. The first kappa shape index (κ1) is 14.2. The first-order valence-corrected chi connectivity index (χ1v) is 6.02. The van der Waals surface area contributed by atoms with Gasteiger partial charge in [0.1, 0.15) is 5.75 Å². The zero-order chi connectivity index (χ0) is 13.5. The van der Waals surface area contributed by atoms with E-state index in [0.29, 0.717) is 29.9 Å². The zero-order valence-electron chi connectivity index (χ0n) is 11.0. The molecule has 0 radical (unpaired) electrons. The molecule has 0 aliphatic rings. The maximum atomic E-state index is 11.8. The first-order valence-electron chi connectivity index (χ1n) is 6.02. The summed E-state index contributed by atoms with van der Waals surface area (Å²) in [5.41, 5.74) is 0.897. The number of carbonyl (C=O) groups is 2. The fourth-order valence-electron chi connectivity index (χ4n) is 1.62. The van der Waals surface area contributed by atoms with Crippen molar-refractivity contribution in [2.24, 2.45) is 0 Å². The lowest BCUT2D eigenvalue weighted by Crippen LogP contribution is -2.07. The van der Waals surface area contributed by atoms with Crippen LogP contribution < -0.4 is 4.74 Å². The number of Topliss-reactive ketones (excluding diaryl/α,β-unsaturated/α-hetero) is 1. The lowest BCUT2D eigenvalue weighted by Gasteiger charge is -2.09. The van der Waals surface area contributed by atoms with Crippen molar-refractivity contribution in [1.82, 2.24) is 0 Å². The zero-order valence-corrected chi connectivity index (χ0v) is 11.0. The minimum atomic E-state index is -0.412. The molecular weight excluding hydrogens is 232 g/mol. The summed E-state index contributed by atoms with van der Waals surface area (Å²) in [6.45, 7) is 4.00. The molecule has 0 amide bonds. The van der Waals surface area contributed by atoms with Crippen LogP contribution in [0.4, 0.5) is 0 Å². The lowest BCUT2D eigenvalue weighted by molar-refractivity contribution is 0.0525. The van der Waals surface area contributed by atoms with Crippen LogP contribution in [0.5, 0.6) is 5.75 Å². The van der Waals surface area contributed by atoms with E-state index >= 15 is 0 Å². The molecule has 0 spiro atoms. The summed E-state index contributed by atoms with van der Waals surface area (Å²) in [6, 6.07) is 4.74. The minimum absolute atomic E-state index is 0.0183. The molecule has 0 aliphatic heterocycles. The van der Waals surface area contributed by atoms with Gasteiger partial charge in [-0.15, -0.1) is 0 Å². The van der Waals surface area contributed by atoms with Gasteiger partial charge in [0.15, 0.2) is 5.78 Å². The number of hydrogen-bond acceptors (Lipinski definition) is 4. The minimum Gasteiger partial charge on any atom is -0.496 e. The molecule has 1 aromatic rings. The third kappa shape index (κ3) is 3.32. The third-order valence-electron chi connectivity index (χ3n) is 2.49. The van der Waals surface area contributed by atoms with Gasteiger partial charge < -0.3 is 9.47 Å². The lowest BCUT2D eigenvalue weighted by atomic mass is 10.0. The van der Waals surface area contributed by atoms with Crippen molar-refractivity contribution < 1.29 is 19.1 Å². The molecule has 1 aromatic carbocycles. The van der Waals surface area contributed by atoms with Crippen molar-refractivity contribution in [3.05, 3.63) is 29.3 Å². The fraction of sp³-hybridized carbons (Fsp3) is 0.429. The Labute approximate surface area is 107 Å². The maximum absolute atomic E-state index is 11.8. The summed E-state index contributed by atoms with van der Waals surface area (Å²) in [7, 11) is 1.48. The van der Waals surface area contributed by atoms with E-state index in [4.69, 9.17) is 9.47 Å². The Hall–Kier alpha value is -1.84. The van der Waals surface area contributed by atoms with Crippen LogP contribution in [0.15, 0.2) is 18.2 Å². The molecule has 98 valence electrons. The van der Waals surface area contributed by atoms with Crippen molar-refractivity contribution in [2.45, 2.75) is 26.7 Å². The van der Waals surface area contributed by atoms with Gasteiger partial charge in [0.05, 0.1) is 24.8 Å². The van der Waals surface area contributed by atoms with Gasteiger partial charge >= 0.3 is 5.97 Å². The number of esters is 1. The maximum Gasteiger partial charge on any atom is 0.338 e. The predicted octanol–water partition coefficient (Wildman–Crippen LogP) is 2.85. The molecule has 0 bridgehead atoms. The van der Waals surface area contributed by atoms with Gasteiger partial charge in [0.25, 0.3) is 0 Å². The highest BCUT2D eigenvalue weighted by atomic mass is 16.5. The highest BCUT2D eigenvalue weighted by Gasteiger charge is 2.15. The van der Waals surface area contributed by atoms with Gasteiger partial charge in [-0.05, 0) is 31.5 Å². The van der Waals surface area contributed by atoms with Gasteiger partial charge in [-0.1, -0.05) is 6.92 Å². The Morgan fingerprint density at radius 2 is 1.94 bits per heavy atom. The first-order chi connectivity index (χ1) is 8.63. The Bertz CT molecular complexity index is 437. The summed E-state index contributed by atoms with van der Waals surface area (Å²) >= 11 is 0. The van der Waals surface area contributed by atoms with Gasteiger partial charge in [-0.2, -0.15) is 0 Å². The van der Waals surface area contributed by atoms with Crippen LogP contribution in [0, 0.1) is 0 Å². The number of ketones is 1. The van der Waals surface area contributed by atoms with E-state index < -0.39 is 5.97 Å². The molecule has 0 aromatic heterocycles. The van der Waals surface area contributed by atoms with E-state index in [9.17, 15) is 9.59 Å². The molecule has 0 fully saturated rings. The monoisotopic (exact) mass is 250 g/mol. The second-order valence-electron chi connectivity index (χ2n) is 3.81. The molecule has 0 aliphatic carbocycles. The van der Waals surface area contributed by atoms with E-state index in [0.717, 1.165) is 6.42 Å². The van der Waals surface area contributed by atoms with Crippen LogP contribution in [0.1, 0.15) is 47.4 Å². The molecule has 0 unspecified atom stereocenters. The van der Waals surface area contributed by atoms with E-state index in [2.05, 4.69) is 0 Å². The van der Waals surface area contributed by atoms with E-state index in [-0.39, 0.29) is 5.78 Å². The summed E-state index contributed by atoms with van der Waals surface area (Å²) < 4.78 is 10.0. The molecule has 18 heavy (non-hydrogen) atoms. The SMILES string of the molecule is CCCC(=O)c1ccc(C(=O)OCC)cc1OC. The molecular formula is C14H18O4. The molecule has 0 N–H and O–H groups in total.